The summed E-state index contributed by atoms with van der Waals surface area (Å²) in [5.41, 5.74) is 2.76. The third kappa shape index (κ3) is 5.06. The summed E-state index contributed by atoms with van der Waals surface area (Å²) in [6.07, 6.45) is -3.48. The van der Waals surface area contributed by atoms with Crippen molar-refractivity contribution < 1.29 is 22.7 Å². The lowest BCUT2D eigenvalue weighted by Gasteiger charge is -2.30. The molecule has 2 heterocycles. The minimum Gasteiger partial charge on any atom is -0.481 e. The fourth-order valence-corrected chi connectivity index (χ4v) is 4.18. The van der Waals surface area contributed by atoms with Crippen molar-refractivity contribution in [3.63, 3.8) is 0 Å². The van der Waals surface area contributed by atoms with Crippen LogP contribution in [-0.4, -0.2) is 24.0 Å². The molecular formula is C27H22F3N3O2. The fourth-order valence-electron chi connectivity index (χ4n) is 4.18. The normalized spacial score (nSPS) is 13.4. The third-order valence-electron chi connectivity index (χ3n) is 5.98. The number of amides is 1. The van der Waals surface area contributed by atoms with Gasteiger partial charge in [-0.2, -0.15) is 13.2 Å². The molecule has 1 aliphatic rings. The van der Waals surface area contributed by atoms with Crippen LogP contribution in [0.5, 0.6) is 5.75 Å². The van der Waals surface area contributed by atoms with Gasteiger partial charge >= 0.3 is 6.18 Å². The van der Waals surface area contributed by atoms with E-state index in [1.165, 1.54) is 23.3 Å². The number of nitrogens with zero attached hydrogens (tertiary/aromatic N) is 2. The second-order valence-corrected chi connectivity index (χ2v) is 8.35. The Morgan fingerprint density at radius 2 is 1.71 bits per heavy atom. The number of fused-ring (bicyclic) bond motifs is 2. The minimum atomic E-state index is -4.43. The van der Waals surface area contributed by atoms with Crippen molar-refractivity contribution in [1.29, 1.82) is 0 Å². The fraction of sp³-hybridized carbons (Fsp3) is 0.185. The molecule has 0 atom stereocenters. The molecule has 0 unspecified atom stereocenters. The van der Waals surface area contributed by atoms with E-state index in [1.807, 2.05) is 30.3 Å². The summed E-state index contributed by atoms with van der Waals surface area (Å²) < 4.78 is 43.9. The largest absolute Gasteiger partial charge is 0.481 e. The quantitative estimate of drug-likeness (QED) is 0.393. The minimum absolute atomic E-state index is 0.260. The van der Waals surface area contributed by atoms with Crippen LogP contribution in [0, 0.1) is 0 Å². The van der Waals surface area contributed by atoms with Crippen LogP contribution in [0.15, 0.2) is 78.9 Å². The third-order valence-corrected chi connectivity index (χ3v) is 5.98. The predicted octanol–water partition coefficient (Wildman–Crippen LogP) is 5.83. The number of halogens is 3. The van der Waals surface area contributed by atoms with Gasteiger partial charge in [0.1, 0.15) is 17.1 Å². The van der Waals surface area contributed by atoms with E-state index in [9.17, 15) is 18.0 Å². The molecule has 1 amide bonds. The molecule has 0 fully saturated rings. The zero-order chi connectivity index (χ0) is 24.4. The Labute approximate surface area is 200 Å². The van der Waals surface area contributed by atoms with Gasteiger partial charge in [-0.1, -0.05) is 36.4 Å². The van der Waals surface area contributed by atoms with Crippen LogP contribution in [0.1, 0.15) is 16.7 Å². The van der Waals surface area contributed by atoms with E-state index in [4.69, 9.17) is 9.72 Å². The van der Waals surface area contributed by atoms with E-state index in [0.717, 1.165) is 42.8 Å². The van der Waals surface area contributed by atoms with Crippen LogP contribution >= 0.6 is 0 Å². The Bertz CT molecular complexity index is 1370. The number of anilines is 2. The summed E-state index contributed by atoms with van der Waals surface area (Å²) in [6, 6.07) is 22.1. The first-order chi connectivity index (χ1) is 16.9. The molecule has 0 saturated carbocycles. The molecule has 0 bridgehead atoms. The molecule has 178 valence electrons. The van der Waals surface area contributed by atoms with Crippen molar-refractivity contribution in [3.05, 3.63) is 95.6 Å². The average Bonchev–Trinajstić information content (AvgIpc) is 2.86. The highest BCUT2D eigenvalue weighted by molar-refractivity contribution is 5.92. The molecule has 4 aromatic rings. The lowest BCUT2D eigenvalue weighted by atomic mass is 10.00. The molecule has 1 N–H and O–H groups in total. The number of nitrogens with one attached hydrogen (secondary N) is 1. The van der Waals surface area contributed by atoms with Crippen LogP contribution in [0.2, 0.25) is 0 Å². The van der Waals surface area contributed by atoms with Crippen LogP contribution in [0.25, 0.3) is 10.9 Å². The molecule has 3 aromatic carbocycles. The number of carbonyl (C=O) groups excluding carboxylic acids is 1. The SMILES string of the molecule is O=C(COc1cccc2ccc(N3CCc4ccccc4C3)nc12)Nc1ccc(C(F)(F)F)cc1. The van der Waals surface area contributed by atoms with Crippen LogP contribution < -0.4 is 15.0 Å². The van der Waals surface area contributed by atoms with E-state index in [1.54, 1.807) is 6.07 Å². The number of para-hydroxylation sites is 1. The van der Waals surface area contributed by atoms with Crippen molar-refractivity contribution in [1.82, 2.24) is 4.98 Å². The molecule has 5 rings (SSSR count). The van der Waals surface area contributed by atoms with E-state index in [0.29, 0.717) is 11.3 Å². The number of alkyl halides is 3. The highest BCUT2D eigenvalue weighted by atomic mass is 19.4. The molecule has 0 saturated heterocycles. The maximum absolute atomic E-state index is 12.7. The monoisotopic (exact) mass is 477 g/mol. The number of hydrogen-bond acceptors (Lipinski definition) is 4. The maximum Gasteiger partial charge on any atom is 0.416 e. The number of ether oxygens (including phenoxy) is 1. The Balaban J connectivity index is 1.28. The second kappa shape index (κ2) is 9.29. The van der Waals surface area contributed by atoms with Gasteiger partial charge < -0.3 is 15.0 Å². The standard InChI is InChI=1S/C27H22F3N3O2/c28-27(29,30)21-9-11-22(12-10-21)31-25(34)17-35-23-7-3-6-19-8-13-24(32-26(19)23)33-15-14-18-4-1-2-5-20(18)16-33/h1-13H,14-17H2,(H,31,34). The number of hydrogen-bond donors (Lipinski definition) is 1. The van der Waals surface area contributed by atoms with E-state index < -0.39 is 17.6 Å². The second-order valence-electron chi connectivity index (χ2n) is 8.35. The van der Waals surface area contributed by atoms with Gasteiger partial charge in [0, 0.05) is 24.2 Å². The van der Waals surface area contributed by atoms with Crippen LogP contribution in [-0.2, 0) is 23.9 Å². The summed E-state index contributed by atoms with van der Waals surface area (Å²) in [6.45, 7) is 1.32. The number of pyridine rings is 1. The summed E-state index contributed by atoms with van der Waals surface area (Å²) >= 11 is 0. The van der Waals surface area contributed by atoms with Crippen LogP contribution in [0.4, 0.5) is 24.7 Å². The van der Waals surface area contributed by atoms with Gasteiger partial charge in [0.25, 0.3) is 5.91 Å². The zero-order valence-corrected chi connectivity index (χ0v) is 18.7. The summed E-state index contributed by atoms with van der Waals surface area (Å²) in [4.78, 5) is 19.4. The van der Waals surface area contributed by atoms with Crippen molar-refractivity contribution in [2.75, 3.05) is 23.4 Å². The molecule has 1 aromatic heterocycles. The maximum atomic E-state index is 12.7. The smallest absolute Gasteiger partial charge is 0.416 e. The van der Waals surface area contributed by atoms with E-state index >= 15 is 0 Å². The summed E-state index contributed by atoms with van der Waals surface area (Å²) in [5, 5.41) is 3.43. The van der Waals surface area contributed by atoms with E-state index in [-0.39, 0.29) is 12.3 Å². The van der Waals surface area contributed by atoms with Crippen molar-refractivity contribution in [2.45, 2.75) is 19.1 Å². The molecule has 5 nitrogen and oxygen atoms in total. The van der Waals surface area contributed by atoms with Gasteiger partial charge in [-0.05, 0) is 60.0 Å². The molecule has 0 spiro atoms. The lowest BCUT2D eigenvalue weighted by molar-refractivity contribution is -0.137. The van der Waals surface area contributed by atoms with Gasteiger partial charge in [-0.3, -0.25) is 4.79 Å². The summed E-state index contributed by atoms with van der Waals surface area (Å²) in [5.74, 6) is 0.812. The first-order valence-corrected chi connectivity index (χ1v) is 11.2. The molecule has 0 radical (unpaired) electrons. The summed E-state index contributed by atoms with van der Waals surface area (Å²) in [7, 11) is 0. The number of rotatable bonds is 5. The molecular weight excluding hydrogens is 455 g/mol. The van der Waals surface area contributed by atoms with Gasteiger partial charge in [-0.25, -0.2) is 4.98 Å². The van der Waals surface area contributed by atoms with Gasteiger partial charge in [-0.15, -0.1) is 0 Å². The Kier molecular flexibility index (Phi) is 6.03. The van der Waals surface area contributed by atoms with Gasteiger partial charge in [0.2, 0.25) is 0 Å². The molecule has 0 aliphatic carbocycles. The average molecular weight is 477 g/mol. The Morgan fingerprint density at radius 3 is 2.49 bits per heavy atom. The highest BCUT2D eigenvalue weighted by Gasteiger charge is 2.30. The Morgan fingerprint density at radius 1 is 0.943 bits per heavy atom. The van der Waals surface area contributed by atoms with E-state index in [2.05, 4.69) is 28.4 Å². The van der Waals surface area contributed by atoms with Crippen molar-refractivity contribution in [2.24, 2.45) is 0 Å². The molecule has 35 heavy (non-hydrogen) atoms. The number of benzene rings is 3. The number of aromatic nitrogens is 1. The number of carbonyl (C=O) groups is 1. The van der Waals surface area contributed by atoms with Gasteiger partial charge in [0.15, 0.2) is 6.61 Å². The molecule has 8 heteroatoms. The first kappa shape index (κ1) is 22.7. The first-order valence-electron chi connectivity index (χ1n) is 11.2. The van der Waals surface area contributed by atoms with Gasteiger partial charge in [0.05, 0.1) is 5.56 Å². The van der Waals surface area contributed by atoms with Crippen LogP contribution in [0.3, 0.4) is 0 Å². The highest BCUT2D eigenvalue weighted by Crippen LogP contribution is 2.31. The zero-order valence-electron chi connectivity index (χ0n) is 18.7. The lowest BCUT2D eigenvalue weighted by Crippen LogP contribution is -2.30. The Hall–Kier alpha value is -4.07. The van der Waals surface area contributed by atoms with Crippen molar-refractivity contribution in [3.8, 4) is 5.75 Å². The topological polar surface area (TPSA) is 54.5 Å². The van der Waals surface area contributed by atoms with Crippen molar-refractivity contribution >= 4 is 28.3 Å². The molecule has 1 aliphatic heterocycles. The predicted molar refractivity (Wildman–Crippen MR) is 129 cm³/mol.